The summed E-state index contributed by atoms with van der Waals surface area (Å²) < 4.78 is 40.4. The number of halogens is 2. The molecular weight excluding hydrogens is 528 g/mol. The van der Waals surface area contributed by atoms with Crippen LogP contribution in [0.15, 0.2) is 36.5 Å². The Labute approximate surface area is 228 Å². The Kier molecular flexibility index (Phi) is 8.18. The van der Waals surface area contributed by atoms with E-state index in [9.17, 15) is 19.1 Å². The molecule has 1 atom stereocenters. The van der Waals surface area contributed by atoms with E-state index in [1.54, 1.807) is 18.3 Å². The maximum Gasteiger partial charge on any atom is 0.304 e. The third kappa shape index (κ3) is 6.25. The third-order valence-corrected chi connectivity index (χ3v) is 8.00. The summed E-state index contributed by atoms with van der Waals surface area (Å²) in [6, 6.07) is 7.25. The van der Waals surface area contributed by atoms with Crippen molar-refractivity contribution in [2.24, 2.45) is 11.8 Å². The molecule has 8 nitrogen and oxygen atoms in total. The molecule has 2 aliphatic rings. The summed E-state index contributed by atoms with van der Waals surface area (Å²) in [5.41, 5.74) is 1.30. The van der Waals surface area contributed by atoms with Gasteiger partial charge in [0.25, 0.3) is 0 Å². The number of pyridine rings is 1. The van der Waals surface area contributed by atoms with Crippen molar-refractivity contribution in [2.45, 2.75) is 44.6 Å². The van der Waals surface area contributed by atoms with Crippen LogP contribution in [0, 0.1) is 22.8 Å². The van der Waals surface area contributed by atoms with Gasteiger partial charge in [0, 0.05) is 48.6 Å². The minimum absolute atomic E-state index is 0.0713. The molecule has 1 unspecified atom stereocenters. The van der Waals surface area contributed by atoms with Crippen molar-refractivity contribution < 1.29 is 33.0 Å². The number of thiazole rings is 1. The fourth-order valence-corrected chi connectivity index (χ4v) is 5.90. The predicted molar refractivity (Wildman–Crippen MR) is 142 cm³/mol. The molecule has 2 aromatic heterocycles. The van der Waals surface area contributed by atoms with Gasteiger partial charge < -0.3 is 14.6 Å². The van der Waals surface area contributed by atoms with Crippen molar-refractivity contribution in [1.29, 1.82) is 0 Å². The van der Waals surface area contributed by atoms with Crippen LogP contribution in [0.1, 0.15) is 38.5 Å². The van der Waals surface area contributed by atoms with Gasteiger partial charge in [-0.1, -0.05) is 17.4 Å². The number of carbonyl (C=O) groups excluding carboxylic acids is 1. The monoisotopic (exact) mass is 557 g/mol. The van der Waals surface area contributed by atoms with Gasteiger partial charge in [0.15, 0.2) is 5.13 Å². The van der Waals surface area contributed by atoms with E-state index < -0.39 is 22.8 Å². The lowest BCUT2D eigenvalue weighted by molar-refractivity contribution is -0.141. The average Bonchev–Trinajstić information content (AvgIpc) is 3.69. The maximum atomic E-state index is 15.5. The number of carboxylic acid groups (broad SMARTS) is 1. The van der Waals surface area contributed by atoms with E-state index in [0.717, 1.165) is 25.7 Å². The first-order valence-electron chi connectivity index (χ1n) is 12.9. The lowest BCUT2D eigenvalue weighted by Gasteiger charge is -2.29. The van der Waals surface area contributed by atoms with Gasteiger partial charge in [0.2, 0.25) is 16.9 Å². The molecule has 1 saturated heterocycles. The molecule has 2 fully saturated rings. The molecule has 1 aromatic carbocycles. The largest absolute Gasteiger partial charge is 0.481 e. The Bertz CT molecular complexity index is 1340. The number of aliphatic carboxylic acids is 1. The van der Waals surface area contributed by atoms with Crippen molar-refractivity contribution in [3.05, 3.63) is 47.5 Å². The third-order valence-electron chi connectivity index (χ3n) is 7.15. The molecule has 1 amide bonds. The minimum atomic E-state index is -1.06. The van der Waals surface area contributed by atoms with E-state index in [0.29, 0.717) is 48.0 Å². The summed E-state index contributed by atoms with van der Waals surface area (Å²) in [6.45, 7) is 1.18. The SMILES string of the molecule is COc1ccc(-c2ccc(F)cc2-c2nc(N(C(=O)C(CC(=O)O)CC3CCOCC3)C3CC3)sc2F)cn1. The quantitative estimate of drug-likeness (QED) is 0.348. The Morgan fingerprint density at radius 2 is 1.92 bits per heavy atom. The summed E-state index contributed by atoms with van der Waals surface area (Å²) in [6.07, 6.45) is 4.66. The Morgan fingerprint density at radius 1 is 1.15 bits per heavy atom. The molecule has 1 saturated carbocycles. The molecule has 1 aliphatic carbocycles. The maximum absolute atomic E-state index is 15.5. The van der Waals surface area contributed by atoms with Crippen molar-refractivity contribution in [2.75, 3.05) is 25.2 Å². The molecule has 0 spiro atoms. The van der Waals surface area contributed by atoms with E-state index >= 15 is 4.39 Å². The van der Waals surface area contributed by atoms with Crippen molar-refractivity contribution in [1.82, 2.24) is 9.97 Å². The van der Waals surface area contributed by atoms with Crippen molar-refractivity contribution >= 4 is 28.3 Å². The van der Waals surface area contributed by atoms with E-state index in [2.05, 4.69) is 9.97 Å². The number of benzene rings is 1. The van der Waals surface area contributed by atoms with Crippen LogP contribution in [0.2, 0.25) is 0 Å². The van der Waals surface area contributed by atoms with Gasteiger partial charge in [0.1, 0.15) is 11.5 Å². The highest BCUT2D eigenvalue weighted by Gasteiger charge is 2.40. The van der Waals surface area contributed by atoms with Crippen LogP contribution in [0.5, 0.6) is 5.88 Å². The van der Waals surface area contributed by atoms with E-state index in [1.165, 1.54) is 30.2 Å². The average molecular weight is 558 g/mol. The predicted octanol–water partition coefficient (Wildman–Crippen LogP) is 5.56. The van der Waals surface area contributed by atoms with Gasteiger partial charge in [-0.2, -0.15) is 4.39 Å². The number of amides is 1. The van der Waals surface area contributed by atoms with Gasteiger partial charge in [0.05, 0.1) is 13.5 Å². The Hall–Kier alpha value is -3.44. The summed E-state index contributed by atoms with van der Waals surface area (Å²) in [5, 5.41) is 9.04. The molecule has 206 valence electrons. The van der Waals surface area contributed by atoms with Crippen LogP contribution < -0.4 is 9.64 Å². The number of carbonyl (C=O) groups is 2. The second-order valence-corrected chi connectivity index (χ2v) is 10.9. The Balaban J connectivity index is 1.48. The molecule has 11 heteroatoms. The second kappa shape index (κ2) is 11.7. The smallest absolute Gasteiger partial charge is 0.304 e. The zero-order valence-corrected chi connectivity index (χ0v) is 22.3. The van der Waals surface area contributed by atoms with Gasteiger partial charge in [-0.3, -0.25) is 14.5 Å². The first kappa shape index (κ1) is 27.1. The molecule has 5 rings (SSSR count). The van der Waals surface area contributed by atoms with Gasteiger partial charge in [-0.15, -0.1) is 0 Å². The highest BCUT2D eigenvalue weighted by atomic mass is 32.1. The lowest BCUT2D eigenvalue weighted by atomic mass is 9.86. The molecular formula is C28H29F2N3O5S. The topological polar surface area (TPSA) is 102 Å². The van der Waals surface area contributed by atoms with Gasteiger partial charge in [-0.25, -0.2) is 14.4 Å². The van der Waals surface area contributed by atoms with Crippen LogP contribution in [-0.2, 0) is 14.3 Å². The zero-order chi connectivity index (χ0) is 27.5. The summed E-state index contributed by atoms with van der Waals surface area (Å²) in [7, 11) is 1.50. The number of carboxylic acids is 1. The van der Waals surface area contributed by atoms with Crippen molar-refractivity contribution in [3.63, 3.8) is 0 Å². The molecule has 3 aromatic rings. The molecule has 1 aliphatic heterocycles. The highest BCUT2D eigenvalue weighted by molar-refractivity contribution is 7.14. The first-order valence-corrected chi connectivity index (χ1v) is 13.7. The van der Waals surface area contributed by atoms with E-state index in [4.69, 9.17) is 9.47 Å². The van der Waals surface area contributed by atoms with Gasteiger partial charge >= 0.3 is 5.97 Å². The van der Waals surface area contributed by atoms with Gasteiger partial charge in [-0.05, 0) is 61.8 Å². The number of ether oxygens (including phenoxy) is 2. The number of hydrogen-bond acceptors (Lipinski definition) is 7. The second-order valence-electron chi connectivity index (χ2n) is 9.92. The van der Waals surface area contributed by atoms with E-state index in [1.807, 2.05) is 0 Å². The molecule has 3 heterocycles. The number of aromatic nitrogens is 2. The van der Waals surface area contributed by atoms with Crippen LogP contribution in [0.4, 0.5) is 13.9 Å². The highest BCUT2D eigenvalue weighted by Crippen LogP contribution is 2.42. The number of rotatable bonds is 10. The number of hydrogen-bond donors (Lipinski definition) is 1. The van der Waals surface area contributed by atoms with Crippen LogP contribution >= 0.6 is 11.3 Å². The van der Waals surface area contributed by atoms with Crippen molar-refractivity contribution in [3.8, 4) is 28.3 Å². The number of methoxy groups -OCH3 is 1. The van der Waals surface area contributed by atoms with Crippen LogP contribution in [-0.4, -0.2) is 53.3 Å². The summed E-state index contributed by atoms with van der Waals surface area (Å²) >= 11 is 0.714. The van der Waals surface area contributed by atoms with Crippen LogP contribution in [0.3, 0.4) is 0 Å². The number of anilines is 1. The summed E-state index contributed by atoms with van der Waals surface area (Å²) in [4.78, 5) is 35.6. The summed E-state index contributed by atoms with van der Waals surface area (Å²) in [5.74, 6) is -2.14. The van der Waals surface area contributed by atoms with E-state index in [-0.39, 0.29) is 40.7 Å². The first-order chi connectivity index (χ1) is 18.8. The molecule has 39 heavy (non-hydrogen) atoms. The molecule has 1 N–H and O–H groups in total. The number of nitrogens with zero attached hydrogens (tertiary/aromatic N) is 3. The fourth-order valence-electron chi connectivity index (χ4n) is 5.01. The fraction of sp³-hybridized carbons (Fsp3) is 0.429. The normalized spacial score (nSPS) is 16.6. The Morgan fingerprint density at radius 3 is 2.56 bits per heavy atom. The molecule has 0 radical (unpaired) electrons. The minimum Gasteiger partial charge on any atom is -0.481 e. The lowest BCUT2D eigenvalue weighted by Crippen LogP contribution is -2.40. The zero-order valence-electron chi connectivity index (χ0n) is 21.4. The van der Waals surface area contributed by atoms with Crippen LogP contribution in [0.25, 0.3) is 22.4 Å². The standard InChI is InChI=1S/C28H29F2N3O5S/c1-37-23-7-2-17(15-31-23)21-6-3-19(29)14-22(21)25-26(30)39-28(32-25)33(20-4-5-20)27(36)18(13-24(34)35)12-16-8-10-38-11-9-16/h2-3,6-7,14-16,18,20H,4-5,8-13H2,1H3,(H,34,35). The molecule has 0 bridgehead atoms.